The second-order valence-electron chi connectivity index (χ2n) is 4.43. The first-order chi connectivity index (χ1) is 8.70. The molecule has 1 aliphatic rings. The van der Waals surface area contributed by atoms with Gasteiger partial charge in [-0.3, -0.25) is 0 Å². The zero-order valence-corrected chi connectivity index (χ0v) is 12.1. The molecule has 0 amide bonds. The average Bonchev–Trinajstić information content (AvgIpc) is 2.37. The molecule has 0 atom stereocenters. The van der Waals surface area contributed by atoms with Crippen molar-refractivity contribution in [1.82, 2.24) is 10.2 Å². The highest BCUT2D eigenvalue weighted by Crippen LogP contribution is 2.29. The molecule has 5 heteroatoms. The summed E-state index contributed by atoms with van der Waals surface area (Å²) < 4.78 is 13.7. The molecule has 100 valence electrons. The molecule has 1 aromatic carbocycles. The van der Waals surface area contributed by atoms with Crippen LogP contribution in [0, 0.1) is 5.82 Å². The Morgan fingerprint density at radius 3 is 2.72 bits per heavy atom. The van der Waals surface area contributed by atoms with Gasteiger partial charge in [0.05, 0.1) is 9.92 Å². The van der Waals surface area contributed by atoms with Crippen molar-refractivity contribution in [3.63, 3.8) is 0 Å². The van der Waals surface area contributed by atoms with E-state index in [1.165, 1.54) is 11.8 Å². The second kappa shape index (κ2) is 6.75. The van der Waals surface area contributed by atoms with Crippen LogP contribution in [-0.2, 0) is 6.42 Å². The number of nitrogens with zero attached hydrogens (tertiary/aromatic N) is 1. The normalized spacial score (nSPS) is 17.1. The van der Waals surface area contributed by atoms with Crippen molar-refractivity contribution in [2.45, 2.75) is 11.3 Å². The summed E-state index contributed by atoms with van der Waals surface area (Å²) in [6.45, 7) is 5.19. The Bertz CT molecular complexity index is 385. The number of thioether (sulfide) groups is 1. The molecule has 0 spiro atoms. The number of benzene rings is 1. The molecule has 1 N–H and O–H groups in total. The second-order valence-corrected chi connectivity index (χ2v) is 5.66. The maximum atomic E-state index is 13.7. The highest BCUT2D eigenvalue weighted by molar-refractivity contribution is 7.98. The van der Waals surface area contributed by atoms with E-state index in [0.29, 0.717) is 9.92 Å². The van der Waals surface area contributed by atoms with Crippen molar-refractivity contribution in [3.8, 4) is 0 Å². The Hall–Kier alpha value is -0.290. The first-order valence-corrected chi connectivity index (χ1v) is 7.76. The lowest BCUT2D eigenvalue weighted by molar-refractivity contribution is 0.244. The molecule has 2 nitrogen and oxygen atoms in total. The number of hydrogen-bond acceptors (Lipinski definition) is 3. The van der Waals surface area contributed by atoms with Gasteiger partial charge in [0.2, 0.25) is 0 Å². The minimum absolute atomic E-state index is 0.203. The predicted molar refractivity (Wildman–Crippen MR) is 76.2 cm³/mol. The van der Waals surface area contributed by atoms with Crippen LogP contribution < -0.4 is 5.32 Å². The fraction of sp³-hybridized carbons (Fsp3) is 0.538. The molecule has 0 unspecified atom stereocenters. The average molecular weight is 289 g/mol. The van der Waals surface area contributed by atoms with E-state index < -0.39 is 0 Å². The molecular formula is C13H18ClFN2S. The van der Waals surface area contributed by atoms with E-state index in [4.69, 9.17) is 11.6 Å². The van der Waals surface area contributed by atoms with Crippen molar-refractivity contribution in [3.05, 3.63) is 28.5 Å². The lowest BCUT2D eigenvalue weighted by Crippen LogP contribution is -2.44. The van der Waals surface area contributed by atoms with Crippen molar-refractivity contribution < 1.29 is 4.39 Å². The van der Waals surface area contributed by atoms with Crippen LogP contribution in [-0.4, -0.2) is 43.9 Å². The van der Waals surface area contributed by atoms with Gasteiger partial charge in [0.1, 0.15) is 5.82 Å². The monoisotopic (exact) mass is 288 g/mol. The van der Waals surface area contributed by atoms with Gasteiger partial charge in [0, 0.05) is 32.7 Å². The van der Waals surface area contributed by atoms with Gasteiger partial charge in [-0.25, -0.2) is 4.39 Å². The fourth-order valence-electron chi connectivity index (χ4n) is 2.17. The highest BCUT2D eigenvalue weighted by atomic mass is 35.5. The summed E-state index contributed by atoms with van der Waals surface area (Å²) in [4.78, 5) is 2.94. The zero-order chi connectivity index (χ0) is 13.0. The third kappa shape index (κ3) is 3.60. The van der Waals surface area contributed by atoms with E-state index in [-0.39, 0.29) is 5.82 Å². The molecule has 1 fully saturated rings. The SMILES string of the molecule is CSc1c(F)cc(CCN2CCNCC2)cc1Cl. The van der Waals surface area contributed by atoms with Crippen LogP contribution in [0.5, 0.6) is 0 Å². The molecule has 1 aromatic rings. The molecular weight excluding hydrogens is 271 g/mol. The molecule has 0 aromatic heterocycles. The van der Waals surface area contributed by atoms with Gasteiger partial charge in [-0.15, -0.1) is 11.8 Å². The summed E-state index contributed by atoms with van der Waals surface area (Å²) in [5, 5.41) is 3.85. The summed E-state index contributed by atoms with van der Waals surface area (Å²) in [5.41, 5.74) is 0.980. The minimum Gasteiger partial charge on any atom is -0.314 e. The lowest BCUT2D eigenvalue weighted by Gasteiger charge is -2.27. The van der Waals surface area contributed by atoms with Crippen molar-refractivity contribution >= 4 is 23.4 Å². The molecule has 1 heterocycles. The molecule has 1 aliphatic heterocycles. The maximum absolute atomic E-state index is 13.7. The van der Waals surface area contributed by atoms with Crippen molar-refractivity contribution in [2.75, 3.05) is 39.0 Å². The molecule has 0 aliphatic carbocycles. The standard InChI is InChI=1S/C13H18ClFN2S/c1-18-13-11(14)8-10(9-12(13)15)2-5-17-6-3-16-4-7-17/h8-9,16H,2-7H2,1H3. The van der Waals surface area contributed by atoms with E-state index in [9.17, 15) is 4.39 Å². The van der Waals surface area contributed by atoms with Crippen LogP contribution >= 0.6 is 23.4 Å². The quantitative estimate of drug-likeness (QED) is 0.858. The molecule has 0 bridgehead atoms. The van der Waals surface area contributed by atoms with Gasteiger partial charge in [-0.2, -0.15) is 0 Å². The Balaban J connectivity index is 1.96. The van der Waals surface area contributed by atoms with Crippen LogP contribution in [0.15, 0.2) is 17.0 Å². The number of hydrogen-bond donors (Lipinski definition) is 1. The third-order valence-corrected chi connectivity index (χ3v) is 4.42. The van der Waals surface area contributed by atoms with Gasteiger partial charge in [-0.1, -0.05) is 11.6 Å². The van der Waals surface area contributed by atoms with E-state index >= 15 is 0 Å². The molecule has 2 rings (SSSR count). The first-order valence-electron chi connectivity index (χ1n) is 6.15. The fourth-order valence-corrected chi connectivity index (χ4v) is 3.14. The van der Waals surface area contributed by atoms with Gasteiger partial charge >= 0.3 is 0 Å². The number of nitrogens with one attached hydrogen (secondary N) is 1. The zero-order valence-electron chi connectivity index (χ0n) is 10.5. The van der Waals surface area contributed by atoms with Gasteiger partial charge in [0.25, 0.3) is 0 Å². The number of rotatable bonds is 4. The van der Waals surface area contributed by atoms with Crippen LogP contribution in [0.25, 0.3) is 0 Å². The van der Waals surface area contributed by atoms with E-state index in [2.05, 4.69) is 10.2 Å². The Morgan fingerprint density at radius 1 is 1.39 bits per heavy atom. The summed E-state index contributed by atoms with van der Waals surface area (Å²) in [5.74, 6) is -0.203. The number of piperazine rings is 1. The Kier molecular flexibility index (Phi) is 5.30. The largest absolute Gasteiger partial charge is 0.314 e. The maximum Gasteiger partial charge on any atom is 0.138 e. The van der Waals surface area contributed by atoms with E-state index in [1.54, 1.807) is 6.07 Å². The lowest BCUT2D eigenvalue weighted by atomic mass is 10.1. The number of halogens is 2. The van der Waals surface area contributed by atoms with Crippen LogP contribution in [0.4, 0.5) is 4.39 Å². The van der Waals surface area contributed by atoms with Crippen LogP contribution in [0.1, 0.15) is 5.56 Å². The minimum atomic E-state index is -0.203. The van der Waals surface area contributed by atoms with Gasteiger partial charge < -0.3 is 10.2 Å². The smallest absolute Gasteiger partial charge is 0.138 e. The van der Waals surface area contributed by atoms with E-state index in [1.807, 2.05) is 12.3 Å². The molecule has 18 heavy (non-hydrogen) atoms. The summed E-state index contributed by atoms with van der Waals surface area (Å²) in [6, 6.07) is 3.50. The Morgan fingerprint density at radius 2 is 2.11 bits per heavy atom. The molecule has 0 saturated carbocycles. The summed E-state index contributed by atoms with van der Waals surface area (Å²) in [6.07, 6.45) is 2.69. The third-order valence-electron chi connectivity index (χ3n) is 3.19. The predicted octanol–water partition coefficient (Wildman–Crippen LogP) is 2.65. The van der Waals surface area contributed by atoms with Crippen molar-refractivity contribution in [2.24, 2.45) is 0 Å². The highest BCUT2D eigenvalue weighted by Gasteiger charge is 2.12. The summed E-state index contributed by atoms with van der Waals surface area (Å²) in [7, 11) is 0. The van der Waals surface area contributed by atoms with Crippen LogP contribution in [0.2, 0.25) is 5.02 Å². The topological polar surface area (TPSA) is 15.3 Å². The van der Waals surface area contributed by atoms with Gasteiger partial charge in [0.15, 0.2) is 0 Å². The summed E-state index contributed by atoms with van der Waals surface area (Å²) >= 11 is 7.42. The molecule has 0 radical (unpaired) electrons. The van der Waals surface area contributed by atoms with Gasteiger partial charge in [-0.05, 0) is 30.4 Å². The van der Waals surface area contributed by atoms with Crippen LogP contribution in [0.3, 0.4) is 0 Å². The molecule has 1 saturated heterocycles. The van der Waals surface area contributed by atoms with Crippen molar-refractivity contribution in [1.29, 1.82) is 0 Å². The Labute approximate surface area is 117 Å². The first kappa shape index (κ1) is 14.1. The van der Waals surface area contributed by atoms with E-state index in [0.717, 1.165) is 44.7 Å².